The van der Waals surface area contributed by atoms with Crippen molar-refractivity contribution in [3.8, 4) is 5.75 Å². The molecule has 4 aliphatic rings. The number of ether oxygens (including phenoxy) is 2. The molecule has 0 amide bonds. The highest BCUT2D eigenvalue weighted by molar-refractivity contribution is 5.26. The quantitative estimate of drug-likeness (QED) is 0.336. The summed E-state index contributed by atoms with van der Waals surface area (Å²) in [6.45, 7) is 12.7. The minimum atomic E-state index is -0.943. The molecule has 5 rings (SSSR count). The number of aliphatic hydroxyl groups excluding tert-OH is 1. The summed E-state index contributed by atoms with van der Waals surface area (Å²) in [5.74, 6) is 3.82. The normalized spacial score (nSPS) is 42.5. The van der Waals surface area contributed by atoms with Crippen LogP contribution in [0, 0.1) is 46.3 Å². The third-order valence-electron chi connectivity index (χ3n) is 12.6. The molecule has 0 unspecified atom stereocenters. The van der Waals surface area contributed by atoms with Gasteiger partial charge in [-0.05, 0) is 115 Å². The molecule has 2 N–H and O–H groups in total. The van der Waals surface area contributed by atoms with Crippen molar-refractivity contribution in [2.24, 2.45) is 46.3 Å². The average molecular weight is 541 g/mol. The zero-order valence-electron chi connectivity index (χ0n) is 25.6. The van der Waals surface area contributed by atoms with Gasteiger partial charge in [-0.15, -0.1) is 0 Å². The van der Waals surface area contributed by atoms with Gasteiger partial charge in [-0.1, -0.05) is 66.0 Å². The first-order valence-electron chi connectivity index (χ1n) is 16.2. The summed E-state index contributed by atoms with van der Waals surface area (Å²) in [4.78, 5) is 0. The molecule has 1 aromatic carbocycles. The van der Waals surface area contributed by atoms with Gasteiger partial charge in [0.1, 0.15) is 5.75 Å². The van der Waals surface area contributed by atoms with Crippen molar-refractivity contribution in [2.45, 2.75) is 130 Å². The molecular weight excluding hydrogens is 484 g/mol. The number of benzene rings is 1. The molecule has 1 aromatic rings. The van der Waals surface area contributed by atoms with Crippen LogP contribution in [0.25, 0.3) is 0 Å². The van der Waals surface area contributed by atoms with E-state index in [2.05, 4.69) is 46.8 Å². The highest BCUT2D eigenvalue weighted by Gasteiger charge is 2.69. The Morgan fingerprint density at radius 1 is 0.897 bits per heavy atom. The van der Waals surface area contributed by atoms with Crippen molar-refractivity contribution in [1.82, 2.24) is 0 Å². The molecule has 0 aromatic heterocycles. The van der Waals surface area contributed by atoms with E-state index in [0.717, 1.165) is 43.8 Å². The lowest BCUT2D eigenvalue weighted by Gasteiger charge is -2.66. The summed E-state index contributed by atoms with van der Waals surface area (Å²) >= 11 is 0. The van der Waals surface area contributed by atoms with Gasteiger partial charge >= 0.3 is 0 Å². The van der Waals surface area contributed by atoms with E-state index < -0.39 is 11.7 Å². The van der Waals surface area contributed by atoms with Crippen LogP contribution in [0.4, 0.5) is 0 Å². The van der Waals surface area contributed by atoms with Gasteiger partial charge < -0.3 is 19.7 Å². The lowest BCUT2D eigenvalue weighted by molar-refractivity contribution is -0.272. The molecule has 4 saturated carbocycles. The fourth-order valence-corrected chi connectivity index (χ4v) is 10.4. The van der Waals surface area contributed by atoms with Crippen LogP contribution in [0.2, 0.25) is 0 Å². The van der Waals surface area contributed by atoms with Gasteiger partial charge in [-0.25, -0.2) is 0 Å². The fourth-order valence-electron chi connectivity index (χ4n) is 10.4. The highest BCUT2D eigenvalue weighted by atomic mass is 16.5. The molecule has 0 saturated heterocycles. The number of methoxy groups -OCH3 is 1. The van der Waals surface area contributed by atoms with E-state index in [1.807, 2.05) is 12.1 Å². The molecule has 4 fully saturated rings. The smallest absolute Gasteiger partial charge is 0.118 e. The predicted octanol–water partition coefficient (Wildman–Crippen LogP) is 7.79. The van der Waals surface area contributed by atoms with Crippen LogP contribution < -0.4 is 4.74 Å². The third-order valence-corrected chi connectivity index (χ3v) is 12.6. The Hall–Kier alpha value is -1.10. The van der Waals surface area contributed by atoms with E-state index in [0.29, 0.717) is 30.8 Å². The standard InChI is InChI=1S/C35H56O4/c1-23(2)8-7-9-24(3)29-14-15-30-34(29,5)19-17-31-33(4)18-16-28(20-26(33)21-32(36)35(30,31)37)39-22-25-10-12-27(38-6)13-11-25/h10-13,23-24,26,28-32,36-37H,7-9,14-22H2,1-6H3/t24-,26-,28-,29-,30-,31-,32+,33+,34-,35+/m1/s1. The van der Waals surface area contributed by atoms with Crippen molar-refractivity contribution in [3.63, 3.8) is 0 Å². The number of hydrogen-bond donors (Lipinski definition) is 2. The first-order valence-corrected chi connectivity index (χ1v) is 16.2. The largest absolute Gasteiger partial charge is 0.497 e. The molecule has 4 aliphatic carbocycles. The highest BCUT2D eigenvalue weighted by Crippen LogP contribution is 2.70. The van der Waals surface area contributed by atoms with Crippen molar-refractivity contribution in [3.05, 3.63) is 29.8 Å². The van der Waals surface area contributed by atoms with E-state index in [9.17, 15) is 10.2 Å². The third kappa shape index (κ3) is 5.21. The summed E-state index contributed by atoms with van der Waals surface area (Å²) in [5.41, 5.74) is 0.450. The second-order valence-corrected chi connectivity index (χ2v) is 15.0. The molecule has 10 atom stereocenters. The first kappa shape index (κ1) is 29.4. The van der Waals surface area contributed by atoms with Crippen LogP contribution >= 0.6 is 0 Å². The van der Waals surface area contributed by atoms with E-state index in [-0.39, 0.29) is 28.8 Å². The van der Waals surface area contributed by atoms with Crippen LogP contribution in [0.15, 0.2) is 24.3 Å². The first-order chi connectivity index (χ1) is 18.5. The Labute approximate surface area is 238 Å². The summed E-state index contributed by atoms with van der Waals surface area (Å²) in [7, 11) is 1.69. The van der Waals surface area contributed by atoms with Crippen LogP contribution in [-0.2, 0) is 11.3 Å². The SMILES string of the molecule is COc1ccc(CO[C@@H]2CC[C@@]3(C)[C@H](C2)C[C@H](O)[C@@]2(O)[C@@H]3CC[C@]3(C)[C@@H]([C@H](C)CCCC(C)C)CC[C@H]32)cc1. The Morgan fingerprint density at radius 2 is 1.59 bits per heavy atom. The summed E-state index contributed by atoms with van der Waals surface area (Å²) in [6.07, 6.45) is 11.9. The molecule has 4 heteroatoms. The molecule has 0 bridgehead atoms. The Kier molecular flexibility index (Phi) is 8.51. The van der Waals surface area contributed by atoms with Gasteiger partial charge in [-0.2, -0.15) is 0 Å². The van der Waals surface area contributed by atoms with Crippen LogP contribution in [0.3, 0.4) is 0 Å². The van der Waals surface area contributed by atoms with Gasteiger partial charge in [-0.3, -0.25) is 0 Å². The van der Waals surface area contributed by atoms with E-state index in [1.54, 1.807) is 7.11 Å². The van der Waals surface area contributed by atoms with Gasteiger partial charge in [0.15, 0.2) is 0 Å². The number of aliphatic hydroxyl groups is 2. The monoisotopic (exact) mass is 540 g/mol. The Morgan fingerprint density at radius 3 is 2.28 bits per heavy atom. The summed E-state index contributed by atoms with van der Waals surface area (Å²) < 4.78 is 11.7. The van der Waals surface area contributed by atoms with E-state index >= 15 is 0 Å². The van der Waals surface area contributed by atoms with Gasteiger partial charge in [0.05, 0.1) is 31.5 Å². The Balaban J connectivity index is 1.26. The average Bonchev–Trinajstić information content (AvgIpc) is 3.27. The maximum atomic E-state index is 12.6. The number of hydrogen-bond acceptors (Lipinski definition) is 4. The molecule has 0 aliphatic heterocycles. The molecular formula is C35H56O4. The van der Waals surface area contributed by atoms with E-state index in [4.69, 9.17) is 9.47 Å². The maximum absolute atomic E-state index is 12.6. The second-order valence-electron chi connectivity index (χ2n) is 15.0. The predicted molar refractivity (Wildman–Crippen MR) is 157 cm³/mol. The summed E-state index contributed by atoms with van der Waals surface area (Å²) in [5, 5.41) is 24.4. The summed E-state index contributed by atoms with van der Waals surface area (Å²) in [6, 6.07) is 8.14. The van der Waals surface area contributed by atoms with Gasteiger partial charge in [0, 0.05) is 0 Å². The number of fused-ring (bicyclic) bond motifs is 5. The van der Waals surface area contributed by atoms with Crippen LogP contribution in [0.5, 0.6) is 5.75 Å². The minimum absolute atomic E-state index is 0.0796. The molecule has 0 radical (unpaired) electrons. The topological polar surface area (TPSA) is 58.9 Å². The Bertz CT molecular complexity index is 960. The molecule has 4 nitrogen and oxygen atoms in total. The fraction of sp³-hybridized carbons (Fsp3) is 0.829. The van der Waals surface area contributed by atoms with Crippen molar-refractivity contribution < 1.29 is 19.7 Å². The van der Waals surface area contributed by atoms with Crippen molar-refractivity contribution >= 4 is 0 Å². The van der Waals surface area contributed by atoms with Crippen LogP contribution in [-0.4, -0.2) is 35.1 Å². The number of rotatable bonds is 9. The van der Waals surface area contributed by atoms with Crippen molar-refractivity contribution in [1.29, 1.82) is 0 Å². The lowest BCUT2D eigenvalue weighted by atomic mass is 9.42. The van der Waals surface area contributed by atoms with E-state index in [1.165, 1.54) is 37.7 Å². The molecule has 39 heavy (non-hydrogen) atoms. The van der Waals surface area contributed by atoms with Crippen molar-refractivity contribution in [2.75, 3.05) is 7.11 Å². The zero-order chi connectivity index (χ0) is 28.0. The second kappa shape index (κ2) is 11.3. The van der Waals surface area contributed by atoms with Crippen LogP contribution in [0.1, 0.15) is 111 Å². The minimum Gasteiger partial charge on any atom is -0.497 e. The van der Waals surface area contributed by atoms with Gasteiger partial charge in [0.2, 0.25) is 0 Å². The van der Waals surface area contributed by atoms with Gasteiger partial charge in [0.25, 0.3) is 0 Å². The molecule has 0 spiro atoms. The lowest BCUT2D eigenvalue weighted by Crippen LogP contribution is -2.69. The zero-order valence-corrected chi connectivity index (χ0v) is 25.6. The maximum Gasteiger partial charge on any atom is 0.118 e. The molecule has 220 valence electrons. The molecule has 0 heterocycles.